The van der Waals surface area contributed by atoms with Gasteiger partial charge in [-0.15, -0.1) is 0 Å². The van der Waals surface area contributed by atoms with Crippen molar-refractivity contribution in [2.24, 2.45) is 0 Å². The Labute approximate surface area is 177 Å². The summed E-state index contributed by atoms with van der Waals surface area (Å²) in [7, 11) is 0. The molecule has 1 aromatic heterocycles. The molecule has 0 aliphatic rings. The number of para-hydroxylation sites is 1. The standard InChI is InChI=1S/C26H25N3O/c1-3-28(23-12-6-5-7-13-23)25-19-24(16-17-27-25)29(4-2)26(30)22-15-14-20-10-8-9-11-21(20)18-22/h5-19H,3-4H2,1-2H3. The van der Waals surface area contributed by atoms with E-state index in [0.717, 1.165) is 34.5 Å². The van der Waals surface area contributed by atoms with Gasteiger partial charge in [0.05, 0.1) is 0 Å². The van der Waals surface area contributed by atoms with Crippen LogP contribution in [-0.4, -0.2) is 24.0 Å². The molecule has 4 heteroatoms. The summed E-state index contributed by atoms with van der Waals surface area (Å²) in [6.07, 6.45) is 1.77. The van der Waals surface area contributed by atoms with Crippen molar-refractivity contribution in [1.29, 1.82) is 0 Å². The lowest BCUT2D eigenvalue weighted by Gasteiger charge is -2.25. The van der Waals surface area contributed by atoms with Gasteiger partial charge < -0.3 is 9.80 Å². The normalized spacial score (nSPS) is 10.7. The molecule has 30 heavy (non-hydrogen) atoms. The second-order valence-corrected chi connectivity index (χ2v) is 7.06. The molecule has 1 heterocycles. The van der Waals surface area contributed by atoms with Crippen LogP contribution in [0.2, 0.25) is 0 Å². The fraction of sp³-hybridized carbons (Fsp3) is 0.154. The molecule has 0 spiro atoms. The second kappa shape index (κ2) is 8.78. The zero-order chi connectivity index (χ0) is 20.9. The minimum absolute atomic E-state index is 0.0110. The summed E-state index contributed by atoms with van der Waals surface area (Å²) in [6.45, 7) is 5.45. The van der Waals surface area contributed by atoms with E-state index < -0.39 is 0 Å². The zero-order valence-electron chi connectivity index (χ0n) is 17.3. The van der Waals surface area contributed by atoms with E-state index in [0.29, 0.717) is 12.1 Å². The number of nitrogens with zero attached hydrogens (tertiary/aromatic N) is 3. The third-order valence-electron chi connectivity index (χ3n) is 5.26. The highest BCUT2D eigenvalue weighted by Gasteiger charge is 2.18. The maximum Gasteiger partial charge on any atom is 0.258 e. The SMILES string of the molecule is CCN(C(=O)c1ccc2ccccc2c1)c1ccnc(N(CC)c2ccccc2)c1. The lowest BCUT2D eigenvalue weighted by molar-refractivity contribution is 0.0988. The number of carbonyl (C=O) groups is 1. The number of fused-ring (bicyclic) bond motifs is 1. The van der Waals surface area contributed by atoms with Gasteiger partial charge in [-0.3, -0.25) is 4.79 Å². The molecule has 1 amide bonds. The molecule has 4 rings (SSSR count). The van der Waals surface area contributed by atoms with Gasteiger partial charge in [0.15, 0.2) is 0 Å². The Kier molecular flexibility index (Phi) is 5.75. The van der Waals surface area contributed by atoms with Crippen molar-refractivity contribution in [2.75, 3.05) is 22.9 Å². The molecule has 0 aliphatic heterocycles. The monoisotopic (exact) mass is 395 g/mol. The predicted molar refractivity (Wildman–Crippen MR) is 125 cm³/mol. The van der Waals surface area contributed by atoms with E-state index >= 15 is 0 Å². The number of amides is 1. The van der Waals surface area contributed by atoms with E-state index in [9.17, 15) is 4.79 Å². The fourth-order valence-corrected chi connectivity index (χ4v) is 3.73. The maximum atomic E-state index is 13.3. The molecule has 3 aromatic carbocycles. The van der Waals surface area contributed by atoms with Crippen LogP contribution in [0.5, 0.6) is 0 Å². The highest BCUT2D eigenvalue weighted by atomic mass is 16.2. The number of carbonyl (C=O) groups excluding carboxylic acids is 1. The van der Waals surface area contributed by atoms with Crippen molar-refractivity contribution in [3.63, 3.8) is 0 Å². The molecular weight excluding hydrogens is 370 g/mol. The molecule has 0 radical (unpaired) electrons. The summed E-state index contributed by atoms with van der Waals surface area (Å²) in [6, 6.07) is 28.0. The molecule has 0 bridgehead atoms. The van der Waals surface area contributed by atoms with E-state index in [-0.39, 0.29) is 5.91 Å². The molecular formula is C26H25N3O. The summed E-state index contributed by atoms with van der Waals surface area (Å²) in [5.41, 5.74) is 2.60. The molecule has 0 saturated heterocycles. The zero-order valence-corrected chi connectivity index (χ0v) is 17.3. The topological polar surface area (TPSA) is 36.4 Å². The predicted octanol–water partition coefficient (Wildman–Crippen LogP) is 6.06. The van der Waals surface area contributed by atoms with Crippen LogP contribution in [0, 0.1) is 0 Å². The number of hydrogen-bond donors (Lipinski definition) is 0. The average molecular weight is 396 g/mol. The van der Waals surface area contributed by atoms with Crippen LogP contribution in [0.15, 0.2) is 91.1 Å². The Morgan fingerprint density at radius 3 is 2.23 bits per heavy atom. The number of benzene rings is 3. The molecule has 0 aliphatic carbocycles. The molecule has 4 aromatic rings. The van der Waals surface area contributed by atoms with Gasteiger partial charge in [0.2, 0.25) is 0 Å². The molecule has 0 atom stereocenters. The lowest BCUT2D eigenvalue weighted by atomic mass is 10.1. The van der Waals surface area contributed by atoms with Gasteiger partial charge in [-0.05, 0) is 55.0 Å². The van der Waals surface area contributed by atoms with E-state index in [4.69, 9.17) is 0 Å². The smallest absolute Gasteiger partial charge is 0.258 e. The Hall–Kier alpha value is -3.66. The third-order valence-corrected chi connectivity index (χ3v) is 5.26. The summed E-state index contributed by atoms with van der Waals surface area (Å²) in [4.78, 5) is 21.8. The minimum atomic E-state index is -0.0110. The van der Waals surface area contributed by atoms with Gasteiger partial charge in [-0.2, -0.15) is 0 Å². The summed E-state index contributed by atoms with van der Waals surface area (Å²) in [5.74, 6) is 0.814. The quantitative estimate of drug-likeness (QED) is 0.398. The molecule has 0 unspecified atom stereocenters. The summed E-state index contributed by atoms with van der Waals surface area (Å²) in [5, 5.41) is 2.20. The van der Waals surface area contributed by atoms with E-state index in [2.05, 4.69) is 35.0 Å². The van der Waals surface area contributed by atoms with E-state index in [1.165, 1.54) is 0 Å². The Morgan fingerprint density at radius 1 is 0.767 bits per heavy atom. The third kappa shape index (κ3) is 3.90. The first-order valence-corrected chi connectivity index (χ1v) is 10.3. The molecule has 4 nitrogen and oxygen atoms in total. The largest absolute Gasteiger partial charge is 0.327 e. The lowest BCUT2D eigenvalue weighted by Crippen LogP contribution is -2.31. The van der Waals surface area contributed by atoms with Crippen LogP contribution in [0.25, 0.3) is 10.8 Å². The van der Waals surface area contributed by atoms with Crippen molar-refractivity contribution in [3.8, 4) is 0 Å². The van der Waals surface area contributed by atoms with E-state index in [1.54, 1.807) is 11.1 Å². The Bertz CT molecular complexity index is 1160. The van der Waals surface area contributed by atoms with Crippen LogP contribution in [0.4, 0.5) is 17.2 Å². The first-order valence-electron chi connectivity index (χ1n) is 10.3. The number of aromatic nitrogens is 1. The van der Waals surface area contributed by atoms with Gasteiger partial charge in [-0.1, -0.05) is 48.5 Å². The first kappa shape index (κ1) is 19.6. The van der Waals surface area contributed by atoms with Crippen molar-refractivity contribution in [2.45, 2.75) is 13.8 Å². The molecule has 0 saturated carbocycles. The molecule has 150 valence electrons. The highest BCUT2D eigenvalue weighted by Crippen LogP contribution is 2.27. The second-order valence-electron chi connectivity index (χ2n) is 7.06. The van der Waals surface area contributed by atoms with Crippen molar-refractivity contribution < 1.29 is 4.79 Å². The van der Waals surface area contributed by atoms with Gasteiger partial charge in [0.1, 0.15) is 5.82 Å². The van der Waals surface area contributed by atoms with Gasteiger partial charge in [0, 0.05) is 42.3 Å². The summed E-state index contributed by atoms with van der Waals surface area (Å²) < 4.78 is 0. The highest BCUT2D eigenvalue weighted by molar-refractivity contribution is 6.08. The van der Waals surface area contributed by atoms with Crippen molar-refractivity contribution in [3.05, 3.63) is 96.7 Å². The minimum Gasteiger partial charge on any atom is -0.327 e. The van der Waals surface area contributed by atoms with E-state index in [1.807, 2.05) is 73.7 Å². The molecule has 0 fully saturated rings. The van der Waals surface area contributed by atoms with Gasteiger partial charge >= 0.3 is 0 Å². The average Bonchev–Trinajstić information content (AvgIpc) is 2.81. The van der Waals surface area contributed by atoms with Crippen molar-refractivity contribution >= 4 is 33.9 Å². The van der Waals surface area contributed by atoms with Crippen LogP contribution in [-0.2, 0) is 0 Å². The number of anilines is 3. The fourth-order valence-electron chi connectivity index (χ4n) is 3.73. The van der Waals surface area contributed by atoms with Crippen LogP contribution in [0.1, 0.15) is 24.2 Å². The number of rotatable bonds is 6. The van der Waals surface area contributed by atoms with Gasteiger partial charge in [0.25, 0.3) is 5.91 Å². The van der Waals surface area contributed by atoms with Crippen LogP contribution < -0.4 is 9.80 Å². The van der Waals surface area contributed by atoms with Crippen LogP contribution in [0.3, 0.4) is 0 Å². The van der Waals surface area contributed by atoms with Gasteiger partial charge in [-0.25, -0.2) is 4.98 Å². The van der Waals surface area contributed by atoms with Crippen LogP contribution >= 0.6 is 0 Å². The Morgan fingerprint density at radius 2 is 1.50 bits per heavy atom. The Balaban J connectivity index is 1.67. The summed E-state index contributed by atoms with van der Waals surface area (Å²) >= 11 is 0. The number of hydrogen-bond acceptors (Lipinski definition) is 3. The first-order chi connectivity index (χ1) is 14.7. The molecule has 0 N–H and O–H groups in total. The maximum absolute atomic E-state index is 13.3. The number of pyridine rings is 1. The van der Waals surface area contributed by atoms with Crippen molar-refractivity contribution in [1.82, 2.24) is 4.98 Å².